The molecule has 0 N–H and O–H groups in total. The van der Waals surface area contributed by atoms with Crippen LogP contribution in [0.15, 0.2) is 47.1 Å². The van der Waals surface area contributed by atoms with Crippen LogP contribution in [0.3, 0.4) is 0 Å². The predicted octanol–water partition coefficient (Wildman–Crippen LogP) is 3.03. The maximum atomic E-state index is 12.2. The smallest absolute Gasteiger partial charge is 0.276 e. The number of aromatic nitrogens is 1. The zero-order valence-electron chi connectivity index (χ0n) is 10.5. The Morgan fingerprint density at radius 2 is 1.90 bits per heavy atom. The fourth-order valence-electron chi connectivity index (χ4n) is 1.61. The fourth-order valence-corrected chi connectivity index (χ4v) is 1.96. The third kappa shape index (κ3) is 3.00. The first-order valence-electron chi connectivity index (χ1n) is 5.64. The van der Waals surface area contributed by atoms with Crippen molar-refractivity contribution in [2.45, 2.75) is 0 Å². The molecule has 0 aliphatic rings. The summed E-state index contributed by atoms with van der Waals surface area (Å²) in [6.07, 6.45) is 0. The molecule has 0 atom stereocenters. The summed E-state index contributed by atoms with van der Waals surface area (Å²) in [5.41, 5.74) is 0.831. The number of amides is 1. The van der Waals surface area contributed by atoms with Crippen LogP contribution >= 0.6 is 15.9 Å². The number of hydrogen-bond acceptors (Lipinski definition) is 4. The minimum Gasteiger partial charge on any atom is -0.310 e. The fraction of sp³-hybridized carbons (Fsp3) is 0.0769. The molecule has 0 fully saturated rings. The third-order valence-corrected chi connectivity index (χ3v) is 3.13. The van der Waals surface area contributed by atoms with Gasteiger partial charge in [0.25, 0.3) is 11.6 Å². The lowest BCUT2D eigenvalue weighted by molar-refractivity contribution is -0.384. The van der Waals surface area contributed by atoms with Crippen LogP contribution in [0.25, 0.3) is 0 Å². The average Bonchev–Trinajstić information content (AvgIpc) is 2.46. The molecular weight excluding hydrogens is 326 g/mol. The molecule has 2 rings (SSSR count). The number of nitrogens with zero attached hydrogens (tertiary/aromatic N) is 3. The molecule has 0 bridgehead atoms. The first-order chi connectivity index (χ1) is 9.49. The topological polar surface area (TPSA) is 76.3 Å². The van der Waals surface area contributed by atoms with Gasteiger partial charge in [-0.2, -0.15) is 0 Å². The summed E-state index contributed by atoms with van der Waals surface area (Å²) in [6, 6.07) is 10.8. The Morgan fingerprint density at radius 1 is 1.25 bits per heavy atom. The molecule has 102 valence electrons. The van der Waals surface area contributed by atoms with E-state index >= 15 is 0 Å². The van der Waals surface area contributed by atoms with Crippen molar-refractivity contribution in [2.24, 2.45) is 0 Å². The number of hydrogen-bond donors (Lipinski definition) is 0. The zero-order chi connectivity index (χ0) is 14.7. The van der Waals surface area contributed by atoms with Gasteiger partial charge < -0.3 is 4.90 Å². The van der Waals surface area contributed by atoms with Crippen molar-refractivity contribution in [3.05, 3.63) is 62.9 Å². The van der Waals surface area contributed by atoms with Gasteiger partial charge in [-0.15, -0.1) is 0 Å². The lowest BCUT2D eigenvalue weighted by Crippen LogP contribution is -2.27. The minimum atomic E-state index is -0.485. The van der Waals surface area contributed by atoms with Crippen LogP contribution in [0.1, 0.15) is 10.5 Å². The lowest BCUT2D eigenvalue weighted by Gasteiger charge is -2.16. The summed E-state index contributed by atoms with van der Waals surface area (Å²) in [4.78, 5) is 27.8. The third-order valence-electron chi connectivity index (χ3n) is 2.69. The first kappa shape index (κ1) is 14.1. The van der Waals surface area contributed by atoms with E-state index in [1.807, 2.05) is 0 Å². The van der Waals surface area contributed by atoms with Crippen LogP contribution < -0.4 is 4.90 Å². The van der Waals surface area contributed by atoms with Gasteiger partial charge in [-0.1, -0.05) is 6.07 Å². The molecule has 20 heavy (non-hydrogen) atoms. The molecule has 0 radical (unpaired) electrons. The Labute approximate surface area is 123 Å². The van der Waals surface area contributed by atoms with Crippen LogP contribution in [0.2, 0.25) is 0 Å². The standard InChI is InChI=1S/C13H10BrN3O3/c1-16(9-5-7-10(8-6-9)17(19)20)13(18)11-3-2-4-12(14)15-11/h2-8H,1H3. The van der Waals surface area contributed by atoms with E-state index in [-0.39, 0.29) is 11.6 Å². The number of rotatable bonds is 3. The molecule has 0 aliphatic heterocycles. The number of halogens is 1. The number of carbonyl (C=O) groups excluding carboxylic acids is 1. The minimum absolute atomic E-state index is 0.0184. The summed E-state index contributed by atoms with van der Waals surface area (Å²) in [5.74, 6) is -0.292. The molecule has 0 saturated heterocycles. The molecule has 6 nitrogen and oxygen atoms in total. The maximum absolute atomic E-state index is 12.2. The number of nitro groups is 1. The van der Waals surface area contributed by atoms with Crippen LogP contribution in [-0.2, 0) is 0 Å². The van der Waals surface area contributed by atoms with Gasteiger partial charge in [0, 0.05) is 24.9 Å². The monoisotopic (exact) mass is 335 g/mol. The van der Waals surface area contributed by atoms with Gasteiger partial charge in [-0.25, -0.2) is 4.98 Å². The zero-order valence-corrected chi connectivity index (χ0v) is 12.1. The van der Waals surface area contributed by atoms with E-state index in [4.69, 9.17) is 0 Å². The number of anilines is 1. The van der Waals surface area contributed by atoms with E-state index in [0.29, 0.717) is 16.0 Å². The molecule has 1 heterocycles. The van der Waals surface area contributed by atoms with E-state index < -0.39 is 4.92 Å². The van der Waals surface area contributed by atoms with Crippen molar-refractivity contribution in [1.82, 2.24) is 4.98 Å². The van der Waals surface area contributed by atoms with Gasteiger partial charge in [-0.05, 0) is 40.2 Å². The second kappa shape index (κ2) is 5.79. The van der Waals surface area contributed by atoms with Crippen LogP contribution in [0.4, 0.5) is 11.4 Å². The van der Waals surface area contributed by atoms with Crippen LogP contribution in [0, 0.1) is 10.1 Å². The second-order valence-electron chi connectivity index (χ2n) is 3.98. The summed E-state index contributed by atoms with van der Waals surface area (Å²) in [6.45, 7) is 0. The average molecular weight is 336 g/mol. The van der Waals surface area contributed by atoms with Crippen LogP contribution in [0.5, 0.6) is 0 Å². The van der Waals surface area contributed by atoms with Gasteiger partial charge in [0.1, 0.15) is 10.3 Å². The molecule has 1 aromatic carbocycles. The summed E-state index contributed by atoms with van der Waals surface area (Å²) < 4.78 is 0.570. The molecule has 2 aromatic rings. The Kier molecular flexibility index (Phi) is 4.09. The van der Waals surface area contributed by atoms with Crippen molar-refractivity contribution >= 4 is 33.2 Å². The largest absolute Gasteiger partial charge is 0.310 e. The van der Waals surface area contributed by atoms with Crippen molar-refractivity contribution < 1.29 is 9.72 Å². The number of nitro benzene ring substituents is 1. The highest BCUT2D eigenvalue weighted by Crippen LogP contribution is 2.20. The van der Waals surface area contributed by atoms with E-state index in [9.17, 15) is 14.9 Å². The Balaban J connectivity index is 2.24. The highest BCUT2D eigenvalue weighted by atomic mass is 79.9. The van der Waals surface area contributed by atoms with Gasteiger partial charge in [0.2, 0.25) is 0 Å². The quantitative estimate of drug-likeness (QED) is 0.490. The molecule has 1 amide bonds. The lowest BCUT2D eigenvalue weighted by atomic mass is 10.2. The molecular formula is C13H10BrN3O3. The molecule has 0 spiro atoms. The maximum Gasteiger partial charge on any atom is 0.276 e. The van der Waals surface area contributed by atoms with Gasteiger partial charge in [0.05, 0.1) is 4.92 Å². The van der Waals surface area contributed by atoms with E-state index in [1.54, 1.807) is 25.2 Å². The Morgan fingerprint density at radius 3 is 2.45 bits per heavy atom. The van der Waals surface area contributed by atoms with Gasteiger partial charge in [-0.3, -0.25) is 14.9 Å². The van der Waals surface area contributed by atoms with E-state index in [1.165, 1.54) is 29.2 Å². The molecule has 7 heteroatoms. The SMILES string of the molecule is CN(C(=O)c1cccc(Br)n1)c1ccc([N+](=O)[O-])cc1. The highest BCUT2D eigenvalue weighted by molar-refractivity contribution is 9.10. The number of carbonyl (C=O) groups is 1. The Bertz CT molecular complexity index is 658. The van der Waals surface area contributed by atoms with E-state index in [0.717, 1.165) is 0 Å². The number of benzene rings is 1. The van der Waals surface area contributed by atoms with Crippen molar-refractivity contribution in [3.63, 3.8) is 0 Å². The van der Waals surface area contributed by atoms with Crippen molar-refractivity contribution in [2.75, 3.05) is 11.9 Å². The predicted molar refractivity (Wildman–Crippen MR) is 77.8 cm³/mol. The van der Waals surface area contributed by atoms with Crippen LogP contribution in [-0.4, -0.2) is 22.9 Å². The molecule has 0 aliphatic carbocycles. The van der Waals surface area contributed by atoms with Crippen molar-refractivity contribution in [1.29, 1.82) is 0 Å². The molecule has 0 saturated carbocycles. The summed E-state index contributed by atoms with van der Waals surface area (Å²) in [7, 11) is 1.59. The number of pyridine rings is 1. The summed E-state index contributed by atoms with van der Waals surface area (Å²) in [5, 5.41) is 10.6. The van der Waals surface area contributed by atoms with E-state index in [2.05, 4.69) is 20.9 Å². The van der Waals surface area contributed by atoms with Crippen molar-refractivity contribution in [3.8, 4) is 0 Å². The normalized spacial score (nSPS) is 10.1. The Hall–Kier alpha value is -2.28. The second-order valence-corrected chi connectivity index (χ2v) is 4.80. The number of non-ortho nitro benzene ring substituents is 1. The van der Waals surface area contributed by atoms with Gasteiger partial charge >= 0.3 is 0 Å². The summed E-state index contributed by atoms with van der Waals surface area (Å²) >= 11 is 3.20. The van der Waals surface area contributed by atoms with Gasteiger partial charge in [0.15, 0.2) is 0 Å². The molecule has 1 aromatic heterocycles. The molecule has 0 unspecified atom stereocenters. The highest BCUT2D eigenvalue weighted by Gasteiger charge is 2.16. The first-order valence-corrected chi connectivity index (χ1v) is 6.43.